The van der Waals surface area contributed by atoms with Crippen molar-refractivity contribution in [1.82, 2.24) is 9.55 Å². The van der Waals surface area contributed by atoms with Crippen molar-refractivity contribution in [3.8, 4) is 0 Å². The minimum Gasteiger partial charge on any atom is -0.336 e. The number of nitrogens with zero attached hydrogens (tertiary/aromatic N) is 2. The quantitative estimate of drug-likeness (QED) is 0.772. The highest BCUT2D eigenvalue weighted by Crippen LogP contribution is 1.87. The lowest BCUT2D eigenvalue weighted by Crippen LogP contribution is -2.21. The summed E-state index contributed by atoms with van der Waals surface area (Å²) in [6.45, 7) is 2.82. The number of rotatable bonds is 2. The van der Waals surface area contributed by atoms with Gasteiger partial charge in [-0.1, -0.05) is 0 Å². The molecule has 0 spiro atoms. The maximum absolute atomic E-state index is 5.54. The minimum absolute atomic E-state index is 0. The van der Waals surface area contributed by atoms with Crippen LogP contribution >= 0.6 is 24.8 Å². The fourth-order valence-corrected chi connectivity index (χ4v) is 0.727. The van der Waals surface area contributed by atoms with Gasteiger partial charge in [-0.2, -0.15) is 0 Å². The second kappa shape index (κ2) is 6.46. The molecule has 0 saturated heterocycles. The molecule has 0 bridgehead atoms. The number of imidazole rings is 1. The van der Waals surface area contributed by atoms with Crippen LogP contribution in [0.3, 0.4) is 0 Å². The van der Waals surface area contributed by atoms with E-state index in [1.54, 1.807) is 12.5 Å². The van der Waals surface area contributed by atoms with Crippen LogP contribution in [0.15, 0.2) is 18.7 Å². The smallest absolute Gasteiger partial charge is 0.0946 e. The third-order valence-corrected chi connectivity index (χ3v) is 1.06. The van der Waals surface area contributed by atoms with E-state index in [1.165, 1.54) is 0 Å². The van der Waals surface area contributed by atoms with E-state index >= 15 is 0 Å². The Hall–Kier alpha value is -0.250. The minimum atomic E-state index is 0. The summed E-state index contributed by atoms with van der Waals surface area (Å²) in [5.74, 6) is 0. The van der Waals surface area contributed by atoms with E-state index in [-0.39, 0.29) is 30.9 Å². The van der Waals surface area contributed by atoms with Crippen LogP contribution in [-0.4, -0.2) is 15.6 Å². The second-order valence-electron chi connectivity index (χ2n) is 2.24. The predicted octanol–water partition coefficient (Wildman–Crippen LogP) is 1.07. The second-order valence-corrected chi connectivity index (χ2v) is 2.24. The zero-order chi connectivity index (χ0) is 6.69. The molecule has 1 aromatic rings. The van der Waals surface area contributed by atoms with Crippen LogP contribution in [0.25, 0.3) is 0 Å². The summed E-state index contributed by atoms with van der Waals surface area (Å²) < 4.78 is 1.96. The molecule has 0 aromatic carbocycles. The van der Waals surface area contributed by atoms with Crippen LogP contribution in [0.2, 0.25) is 0 Å². The first kappa shape index (κ1) is 13.3. The summed E-state index contributed by atoms with van der Waals surface area (Å²) in [5, 5.41) is 0. The van der Waals surface area contributed by atoms with Crippen molar-refractivity contribution < 1.29 is 0 Å². The monoisotopic (exact) mass is 197 g/mol. The van der Waals surface area contributed by atoms with Gasteiger partial charge >= 0.3 is 0 Å². The zero-order valence-corrected chi connectivity index (χ0v) is 7.94. The Labute approximate surface area is 78.8 Å². The van der Waals surface area contributed by atoms with E-state index in [9.17, 15) is 0 Å². The molecule has 0 amide bonds. The molecule has 1 heterocycles. The van der Waals surface area contributed by atoms with Crippen LogP contribution in [0.5, 0.6) is 0 Å². The topological polar surface area (TPSA) is 43.8 Å². The fraction of sp³-hybridized carbons (Fsp3) is 0.500. The molecule has 0 aliphatic rings. The van der Waals surface area contributed by atoms with Crippen molar-refractivity contribution in [3.05, 3.63) is 18.7 Å². The van der Waals surface area contributed by atoms with E-state index in [0.717, 1.165) is 6.54 Å². The van der Waals surface area contributed by atoms with Crippen molar-refractivity contribution in [2.45, 2.75) is 19.5 Å². The standard InChI is InChI=1S/C6H11N3.2ClH/c1-6(7)4-9-3-2-8-5-9;;/h2-3,5-6H,4,7H2,1H3;2*1H. The molecule has 0 fully saturated rings. The van der Waals surface area contributed by atoms with E-state index in [1.807, 2.05) is 17.7 Å². The van der Waals surface area contributed by atoms with Gasteiger partial charge in [0.05, 0.1) is 6.33 Å². The molecule has 5 heteroatoms. The molecule has 1 rings (SSSR count). The number of halogens is 2. The highest BCUT2D eigenvalue weighted by Gasteiger charge is 1.92. The SMILES string of the molecule is CC(N)Cn1ccnc1.Cl.Cl. The molecular formula is C6H13Cl2N3. The maximum Gasteiger partial charge on any atom is 0.0946 e. The van der Waals surface area contributed by atoms with Crippen molar-refractivity contribution in [2.75, 3.05) is 0 Å². The molecule has 1 unspecified atom stereocenters. The Morgan fingerprint density at radius 2 is 2.18 bits per heavy atom. The number of hydrogen-bond acceptors (Lipinski definition) is 2. The predicted molar refractivity (Wildman–Crippen MR) is 50.4 cm³/mol. The molecule has 1 aromatic heterocycles. The zero-order valence-electron chi connectivity index (χ0n) is 6.30. The maximum atomic E-state index is 5.54. The summed E-state index contributed by atoms with van der Waals surface area (Å²) in [7, 11) is 0. The Morgan fingerprint density at radius 3 is 2.55 bits per heavy atom. The van der Waals surface area contributed by atoms with Crippen molar-refractivity contribution in [1.29, 1.82) is 0 Å². The number of hydrogen-bond donors (Lipinski definition) is 1. The Kier molecular flexibility index (Phi) is 7.84. The van der Waals surface area contributed by atoms with Gasteiger partial charge in [-0.3, -0.25) is 0 Å². The first-order chi connectivity index (χ1) is 4.29. The molecule has 0 radical (unpaired) electrons. The summed E-state index contributed by atoms with van der Waals surface area (Å²) in [4.78, 5) is 3.88. The average Bonchev–Trinajstić information content (AvgIpc) is 2.15. The third-order valence-electron chi connectivity index (χ3n) is 1.06. The molecule has 0 aliphatic heterocycles. The summed E-state index contributed by atoms with van der Waals surface area (Å²) >= 11 is 0. The molecule has 2 N–H and O–H groups in total. The molecular weight excluding hydrogens is 185 g/mol. The molecule has 0 saturated carbocycles. The summed E-state index contributed by atoms with van der Waals surface area (Å²) in [6.07, 6.45) is 5.43. The average molecular weight is 198 g/mol. The lowest BCUT2D eigenvalue weighted by atomic mass is 10.4. The number of aromatic nitrogens is 2. The van der Waals surface area contributed by atoms with Gasteiger partial charge in [0.15, 0.2) is 0 Å². The summed E-state index contributed by atoms with van der Waals surface area (Å²) in [6, 6.07) is 0.208. The molecule has 3 nitrogen and oxygen atoms in total. The van der Waals surface area contributed by atoms with Crippen molar-refractivity contribution >= 4 is 24.8 Å². The highest BCUT2D eigenvalue weighted by atomic mass is 35.5. The van der Waals surface area contributed by atoms with Gasteiger partial charge in [0.25, 0.3) is 0 Å². The lowest BCUT2D eigenvalue weighted by molar-refractivity contribution is 0.589. The molecule has 66 valence electrons. The Balaban J connectivity index is 0. The van der Waals surface area contributed by atoms with Gasteiger partial charge in [0.1, 0.15) is 0 Å². The summed E-state index contributed by atoms with van der Waals surface area (Å²) in [5.41, 5.74) is 5.54. The van der Waals surface area contributed by atoms with Gasteiger partial charge in [0, 0.05) is 25.0 Å². The molecule has 11 heavy (non-hydrogen) atoms. The van der Waals surface area contributed by atoms with Crippen LogP contribution < -0.4 is 5.73 Å². The van der Waals surface area contributed by atoms with Crippen LogP contribution in [0, 0.1) is 0 Å². The van der Waals surface area contributed by atoms with Gasteiger partial charge in [0.2, 0.25) is 0 Å². The van der Waals surface area contributed by atoms with E-state index in [0.29, 0.717) is 0 Å². The van der Waals surface area contributed by atoms with Crippen LogP contribution in [0.4, 0.5) is 0 Å². The van der Waals surface area contributed by atoms with Crippen LogP contribution in [-0.2, 0) is 6.54 Å². The van der Waals surface area contributed by atoms with Crippen molar-refractivity contribution in [3.63, 3.8) is 0 Å². The van der Waals surface area contributed by atoms with Crippen LogP contribution in [0.1, 0.15) is 6.92 Å². The largest absolute Gasteiger partial charge is 0.336 e. The van der Waals surface area contributed by atoms with Gasteiger partial charge in [-0.05, 0) is 6.92 Å². The molecule has 0 aliphatic carbocycles. The Morgan fingerprint density at radius 1 is 1.55 bits per heavy atom. The van der Waals surface area contributed by atoms with E-state index in [2.05, 4.69) is 4.98 Å². The third kappa shape index (κ3) is 5.07. The van der Waals surface area contributed by atoms with E-state index < -0.39 is 0 Å². The number of nitrogens with two attached hydrogens (primary N) is 1. The Bertz CT molecular complexity index is 162. The van der Waals surface area contributed by atoms with Gasteiger partial charge < -0.3 is 10.3 Å². The fourth-order valence-electron chi connectivity index (χ4n) is 0.727. The van der Waals surface area contributed by atoms with E-state index in [4.69, 9.17) is 5.73 Å². The normalized spacial score (nSPS) is 11.1. The first-order valence-corrected chi connectivity index (χ1v) is 3.00. The van der Waals surface area contributed by atoms with Gasteiger partial charge in [-0.25, -0.2) is 4.98 Å². The van der Waals surface area contributed by atoms with Crippen molar-refractivity contribution in [2.24, 2.45) is 5.73 Å². The first-order valence-electron chi connectivity index (χ1n) is 3.00. The molecule has 1 atom stereocenters. The van der Waals surface area contributed by atoms with Gasteiger partial charge in [-0.15, -0.1) is 24.8 Å². The highest BCUT2D eigenvalue weighted by molar-refractivity contribution is 5.85. The lowest BCUT2D eigenvalue weighted by Gasteiger charge is -2.03.